The molecule has 15 nitrogen and oxygen atoms in total. The summed E-state index contributed by atoms with van der Waals surface area (Å²) in [5.74, 6) is -2.99. The molecule has 0 radical (unpaired) electrons. The zero-order valence-electron chi connectivity index (χ0n) is 31.6. The summed E-state index contributed by atoms with van der Waals surface area (Å²) in [6.45, 7) is 0.504. The van der Waals surface area contributed by atoms with Gasteiger partial charge < -0.3 is 53.4 Å². The van der Waals surface area contributed by atoms with E-state index in [1.54, 1.807) is 18.6 Å². The Morgan fingerprint density at radius 3 is 1.28 bits per heavy atom. The smallest absolute Gasteiger partial charge is 0.243 e. The van der Waals surface area contributed by atoms with Gasteiger partial charge >= 0.3 is 0 Å². The summed E-state index contributed by atoms with van der Waals surface area (Å²) in [6, 6.07) is 18.3. The number of fused-ring (bicyclic) bond motifs is 3. The second-order valence-corrected chi connectivity index (χ2v) is 14.2. The van der Waals surface area contributed by atoms with Crippen LogP contribution in [0, 0.1) is 0 Å². The molecule has 13 N–H and O–H groups in total. The summed E-state index contributed by atoms with van der Waals surface area (Å²) in [6.07, 6.45) is 7.04. The average Bonchev–Trinajstić information content (AvgIpc) is 3.94. The van der Waals surface area contributed by atoms with Crippen molar-refractivity contribution in [3.05, 3.63) is 108 Å². The van der Waals surface area contributed by atoms with Gasteiger partial charge in [0.1, 0.15) is 24.2 Å². The van der Waals surface area contributed by atoms with Crippen molar-refractivity contribution in [1.29, 1.82) is 0 Å². The number of primary amides is 1. The zero-order valence-corrected chi connectivity index (χ0v) is 31.6. The first kappa shape index (κ1) is 40.2. The summed E-state index contributed by atoms with van der Waals surface area (Å²) in [5.41, 5.74) is 21.9. The van der Waals surface area contributed by atoms with Crippen LogP contribution in [-0.2, 0) is 43.2 Å². The number of unbranched alkanes of at least 4 members (excludes halogenated alkanes) is 1. The first-order valence-electron chi connectivity index (χ1n) is 19.2. The minimum atomic E-state index is -1.21. The zero-order chi connectivity index (χ0) is 40.3. The van der Waals surface area contributed by atoms with Crippen molar-refractivity contribution in [2.45, 2.75) is 69.1 Å². The van der Waals surface area contributed by atoms with Gasteiger partial charge in [0.05, 0.1) is 0 Å². The van der Waals surface area contributed by atoms with Crippen LogP contribution in [0.4, 0.5) is 0 Å². The molecule has 0 aliphatic carbocycles. The van der Waals surface area contributed by atoms with E-state index in [1.165, 1.54) is 0 Å². The Labute approximate surface area is 329 Å². The summed E-state index contributed by atoms with van der Waals surface area (Å²) in [4.78, 5) is 78.0. The highest BCUT2D eigenvalue weighted by molar-refractivity contribution is 5.97. The lowest BCUT2D eigenvalue weighted by Crippen LogP contribution is -2.59. The van der Waals surface area contributed by atoms with E-state index in [0.717, 1.165) is 49.4 Å². The summed E-state index contributed by atoms with van der Waals surface area (Å²) >= 11 is 0. The van der Waals surface area contributed by atoms with Crippen LogP contribution < -0.4 is 38.5 Å². The van der Waals surface area contributed by atoms with Gasteiger partial charge in [-0.05, 0) is 60.7 Å². The fraction of sp³-hybridized carbons (Fsp3) is 0.310. The van der Waals surface area contributed by atoms with Crippen LogP contribution >= 0.6 is 0 Å². The van der Waals surface area contributed by atoms with Crippen molar-refractivity contribution in [2.75, 3.05) is 13.1 Å². The van der Waals surface area contributed by atoms with E-state index < -0.39 is 53.7 Å². The van der Waals surface area contributed by atoms with Gasteiger partial charge in [0.2, 0.25) is 29.5 Å². The molecule has 57 heavy (non-hydrogen) atoms. The van der Waals surface area contributed by atoms with Gasteiger partial charge in [-0.3, -0.25) is 24.0 Å². The van der Waals surface area contributed by atoms with Crippen molar-refractivity contribution in [2.24, 2.45) is 17.2 Å². The van der Waals surface area contributed by atoms with Crippen LogP contribution in [0.25, 0.3) is 32.7 Å². The maximum absolute atomic E-state index is 14.6. The molecule has 15 heteroatoms. The number of aromatic nitrogens is 3. The quantitative estimate of drug-likeness (QED) is 0.0516. The standard InChI is InChI=1S/C42H50N10O5/c43-17-8-7-15-34(39(45)54)50-41(56)36(20-26-23-47-32-13-5-2-10-29(26)32)52-42(57)37(21-27-24-48-33-14-6-3-11-30(27)33)51-40(55)35(49-38(53)16-18-44)19-25-22-46-31-12-4-1-9-28(25)31/h1-6,9-14,22-24,34-37,46-48H,7-8,15-21,43-44H2,(H2,45,54)(H,49,53)(H,50,56)(H,51,55)(H,52,57)/t34-,35-,36+,37+/m0/s1. The number of carbonyl (C=O) groups excluding carboxylic acids is 5. The van der Waals surface area contributed by atoms with Gasteiger partial charge in [-0.1, -0.05) is 54.6 Å². The van der Waals surface area contributed by atoms with E-state index in [9.17, 15) is 24.0 Å². The monoisotopic (exact) mass is 774 g/mol. The Bertz CT molecular complexity index is 2340. The van der Waals surface area contributed by atoms with Crippen LogP contribution in [-0.4, -0.2) is 81.7 Å². The van der Waals surface area contributed by atoms with Crippen LogP contribution in [0.2, 0.25) is 0 Å². The van der Waals surface area contributed by atoms with E-state index in [1.807, 2.05) is 72.8 Å². The SMILES string of the molecule is NCCCC[C@H](NC(=O)[C@@H](Cc1c[nH]c2ccccc12)NC(=O)[C@@H](Cc1c[nH]c2ccccc12)NC(=O)[C@H](Cc1c[nH]c2ccccc12)NC(=O)CCN)C(N)=O. The van der Waals surface area contributed by atoms with Crippen LogP contribution in [0.1, 0.15) is 42.4 Å². The van der Waals surface area contributed by atoms with Crippen molar-refractivity contribution in [3.8, 4) is 0 Å². The van der Waals surface area contributed by atoms with E-state index in [2.05, 4.69) is 36.2 Å². The number of amides is 5. The highest BCUT2D eigenvalue weighted by Crippen LogP contribution is 2.23. The fourth-order valence-electron chi connectivity index (χ4n) is 7.18. The predicted molar refractivity (Wildman–Crippen MR) is 220 cm³/mol. The fourth-order valence-corrected chi connectivity index (χ4v) is 7.18. The average molecular weight is 775 g/mol. The topological polar surface area (TPSA) is 259 Å². The Morgan fingerprint density at radius 2 is 0.895 bits per heavy atom. The molecule has 6 rings (SSSR count). The Balaban J connectivity index is 1.31. The molecule has 3 heterocycles. The van der Waals surface area contributed by atoms with Crippen LogP contribution in [0.15, 0.2) is 91.4 Å². The molecular formula is C42H50N10O5. The van der Waals surface area contributed by atoms with E-state index in [0.29, 0.717) is 19.4 Å². The molecule has 298 valence electrons. The normalized spacial score (nSPS) is 13.5. The third-order valence-corrected chi connectivity index (χ3v) is 10.2. The number of H-pyrrole nitrogens is 3. The highest BCUT2D eigenvalue weighted by Gasteiger charge is 2.32. The molecule has 4 atom stereocenters. The van der Waals surface area contributed by atoms with Gasteiger partial charge in [-0.2, -0.15) is 0 Å². The van der Waals surface area contributed by atoms with Crippen LogP contribution in [0.3, 0.4) is 0 Å². The number of nitrogens with one attached hydrogen (secondary N) is 7. The molecule has 0 saturated heterocycles. The highest BCUT2D eigenvalue weighted by atomic mass is 16.2. The number of rotatable bonds is 20. The third-order valence-electron chi connectivity index (χ3n) is 10.2. The molecular weight excluding hydrogens is 725 g/mol. The van der Waals surface area contributed by atoms with Gasteiger partial charge in [0.15, 0.2) is 0 Å². The Morgan fingerprint density at radius 1 is 0.509 bits per heavy atom. The Hall–Kier alpha value is -6.45. The van der Waals surface area contributed by atoms with Crippen molar-refractivity contribution in [1.82, 2.24) is 36.2 Å². The number of hydrogen-bond acceptors (Lipinski definition) is 7. The lowest BCUT2D eigenvalue weighted by molar-refractivity contribution is -0.134. The van der Waals surface area contributed by atoms with E-state index in [-0.39, 0.29) is 38.6 Å². The summed E-state index contributed by atoms with van der Waals surface area (Å²) < 4.78 is 0. The molecule has 0 fully saturated rings. The molecule has 0 saturated carbocycles. The molecule has 3 aromatic carbocycles. The summed E-state index contributed by atoms with van der Waals surface area (Å²) in [5, 5.41) is 14.0. The molecule has 0 aliphatic rings. The number of aromatic amines is 3. The number of nitrogens with two attached hydrogens (primary N) is 3. The lowest BCUT2D eigenvalue weighted by Gasteiger charge is -2.26. The first-order chi connectivity index (χ1) is 27.6. The van der Waals surface area contributed by atoms with Crippen molar-refractivity contribution >= 4 is 62.2 Å². The molecule has 0 unspecified atom stereocenters. The van der Waals surface area contributed by atoms with Crippen molar-refractivity contribution in [3.63, 3.8) is 0 Å². The predicted octanol–water partition coefficient (Wildman–Crippen LogP) is 2.06. The number of hydrogen-bond donors (Lipinski definition) is 10. The maximum Gasteiger partial charge on any atom is 0.243 e. The maximum atomic E-state index is 14.6. The first-order valence-corrected chi connectivity index (χ1v) is 19.2. The van der Waals surface area contributed by atoms with Gasteiger partial charge in [-0.15, -0.1) is 0 Å². The van der Waals surface area contributed by atoms with Crippen molar-refractivity contribution < 1.29 is 24.0 Å². The largest absolute Gasteiger partial charge is 0.368 e. The molecule has 0 bridgehead atoms. The van der Waals surface area contributed by atoms with E-state index in [4.69, 9.17) is 17.2 Å². The molecule has 3 aromatic heterocycles. The summed E-state index contributed by atoms with van der Waals surface area (Å²) in [7, 11) is 0. The Kier molecular flexibility index (Phi) is 13.4. The number of para-hydroxylation sites is 3. The van der Waals surface area contributed by atoms with Gasteiger partial charge in [-0.25, -0.2) is 0 Å². The minimum absolute atomic E-state index is 0.0000657. The minimum Gasteiger partial charge on any atom is -0.368 e. The molecule has 0 aliphatic heterocycles. The van der Waals surface area contributed by atoms with E-state index >= 15 is 0 Å². The van der Waals surface area contributed by atoms with Gasteiger partial charge in [0.25, 0.3) is 0 Å². The molecule has 0 spiro atoms. The number of benzene rings is 3. The second-order valence-electron chi connectivity index (χ2n) is 14.2. The lowest BCUT2D eigenvalue weighted by atomic mass is 10.00. The third kappa shape index (κ3) is 10.1. The van der Waals surface area contributed by atoms with Gasteiger partial charge in [0, 0.05) is 83.5 Å². The second kappa shape index (κ2) is 18.9. The molecule has 6 aromatic rings. The van der Waals surface area contributed by atoms with Crippen LogP contribution in [0.5, 0.6) is 0 Å². The number of carbonyl (C=O) groups is 5. The molecule has 5 amide bonds.